The average Bonchev–Trinajstić information content (AvgIpc) is 3.12. The van der Waals surface area contributed by atoms with Gasteiger partial charge in [0.2, 0.25) is 0 Å². The van der Waals surface area contributed by atoms with Crippen LogP contribution in [0, 0.1) is 0 Å². The molecule has 236 valence electrons. The van der Waals surface area contributed by atoms with Gasteiger partial charge in [-0.15, -0.1) is 0 Å². The Morgan fingerprint density at radius 2 is 0.447 bits per heavy atom. The fourth-order valence-electron chi connectivity index (χ4n) is 5.13. The van der Waals surface area contributed by atoms with E-state index in [4.69, 9.17) is 0 Å². The first kappa shape index (κ1) is 37.4. The Kier molecular flexibility index (Phi) is 15.5. The molecular formula is C42H48Si3Sn2. The van der Waals surface area contributed by atoms with E-state index >= 15 is 0 Å². The van der Waals surface area contributed by atoms with Crippen molar-refractivity contribution in [2.24, 2.45) is 0 Å². The van der Waals surface area contributed by atoms with Gasteiger partial charge in [0.05, 0.1) is 0 Å². The molecule has 6 aromatic rings. The van der Waals surface area contributed by atoms with Gasteiger partial charge in [-0.3, -0.25) is 0 Å². The van der Waals surface area contributed by atoms with Gasteiger partial charge in [-0.1, -0.05) is 39.3 Å². The van der Waals surface area contributed by atoms with Crippen LogP contribution < -0.4 is 21.5 Å². The first-order valence-corrected chi connectivity index (χ1v) is 35.0. The molecule has 0 aliphatic rings. The summed E-state index contributed by atoms with van der Waals surface area (Å²) < 4.78 is 9.18. The molecule has 0 saturated carbocycles. The summed E-state index contributed by atoms with van der Waals surface area (Å²) in [5.74, 6) is 0. The molecular weight excluding hydrogens is 826 g/mol. The van der Waals surface area contributed by atoms with Crippen LogP contribution in [0.3, 0.4) is 0 Å². The van der Waals surface area contributed by atoms with Crippen LogP contribution in [-0.2, 0) is 0 Å². The van der Waals surface area contributed by atoms with Crippen LogP contribution in [0.15, 0.2) is 182 Å². The molecule has 0 spiro atoms. The maximum absolute atomic E-state index is 2.57. The molecule has 6 aromatic carbocycles. The van der Waals surface area contributed by atoms with Gasteiger partial charge >= 0.3 is 243 Å². The predicted molar refractivity (Wildman–Crippen MR) is 220 cm³/mol. The molecule has 4 radical (unpaired) electrons. The number of hydrogen-bond acceptors (Lipinski definition) is 0. The molecule has 6 rings (SSSR count). The number of rotatable bonds is 8. The second kappa shape index (κ2) is 19.5. The zero-order valence-corrected chi connectivity index (χ0v) is 37.5. The molecule has 0 saturated heterocycles. The van der Waals surface area contributed by atoms with E-state index in [-0.39, 0.29) is 16.6 Å². The van der Waals surface area contributed by atoms with Gasteiger partial charge in [0, 0.05) is 23.7 Å². The molecule has 0 aliphatic carbocycles. The molecule has 0 aliphatic heterocycles. The Morgan fingerprint density at radius 1 is 0.298 bits per heavy atom. The topological polar surface area (TPSA) is 0 Å². The molecule has 0 fully saturated rings. The molecule has 0 unspecified atom stereocenters. The molecule has 0 bridgehead atoms. The van der Waals surface area contributed by atoms with Crippen LogP contribution >= 0.6 is 0 Å². The molecule has 0 amide bonds. The SMILES string of the molecule is C[Si](C)[Si](C)(C)[Si](C)C.c1cc[c]([Sn]([c]2ccccc2)[c]2ccccc2)cc1.c1cc[c]([Sn]([c]2ccccc2)[c]2ccccc2)cc1. The van der Waals surface area contributed by atoms with E-state index in [0.29, 0.717) is 0 Å². The second-order valence-corrected chi connectivity index (χ2v) is 49.0. The van der Waals surface area contributed by atoms with Crippen molar-refractivity contribution in [1.29, 1.82) is 0 Å². The van der Waals surface area contributed by atoms with Crippen molar-refractivity contribution in [2.45, 2.75) is 39.3 Å². The van der Waals surface area contributed by atoms with Crippen molar-refractivity contribution in [1.82, 2.24) is 0 Å². The number of benzene rings is 6. The van der Waals surface area contributed by atoms with Crippen LogP contribution in [0.2, 0.25) is 39.3 Å². The summed E-state index contributed by atoms with van der Waals surface area (Å²) in [7, 11) is -0.507. The van der Waals surface area contributed by atoms with Crippen LogP contribution in [0.4, 0.5) is 0 Å². The van der Waals surface area contributed by atoms with Crippen molar-refractivity contribution < 1.29 is 0 Å². The maximum atomic E-state index is 2.57. The third-order valence-electron chi connectivity index (χ3n) is 8.87. The van der Waals surface area contributed by atoms with E-state index in [2.05, 4.69) is 221 Å². The third kappa shape index (κ3) is 11.3. The molecule has 0 aromatic heterocycles. The minimum atomic E-state index is -1.98. The minimum absolute atomic E-state index is 0.0738. The molecule has 0 nitrogen and oxygen atoms in total. The predicted octanol–water partition coefficient (Wildman–Crippen LogP) is 6.77. The second-order valence-electron chi connectivity index (χ2n) is 12.6. The normalized spacial score (nSPS) is 11.1. The average molecular weight is 875 g/mol. The van der Waals surface area contributed by atoms with Gasteiger partial charge in [0.25, 0.3) is 0 Å². The van der Waals surface area contributed by atoms with Gasteiger partial charge in [0.1, 0.15) is 0 Å². The zero-order valence-electron chi connectivity index (χ0n) is 28.8. The summed E-state index contributed by atoms with van der Waals surface area (Å²) >= 11 is -3.96. The van der Waals surface area contributed by atoms with E-state index in [1.807, 2.05) is 0 Å². The van der Waals surface area contributed by atoms with Crippen LogP contribution in [0.25, 0.3) is 0 Å². The fraction of sp³-hybridized carbons (Fsp3) is 0.143. The van der Waals surface area contributed by atoms with E-state index in [0.717, 1.165) is 0 Å². The van der Waals surface area contributed by atoms with Crippen LogP contribution in [0.5, 0.6) is 0 Å². The first-order chi connectivity index (χ1) is 22.8. The first-order valence-electron chi connectivity index (χ1n) is 16.5. The molecule has 0 heterocycles. The van der Waals surface area contributed by atoms with Gasteiger partial charge < -0.3 is 0 Å². The van der Waals surface area contributed by atoms with E-state index in [1.165, 1.54) is 21.5 Å². The monoisotopic (exact) mass is 876 g/mol. The van der Waals surface area contributed by atoms with Crippen molar-refractivity contribution >= 4 is 84.7 Å². The molecule has 0 atom stereocenters. The van der Waals surface area contributed by atoms with Crippen LogP contribution in [-0.4, -0.2) is 63.3 Å². The summed E-state index contributed by atoms with van der Waals surface area (Å²) in [6.07, 6.45) is 0. The Balaban J connectivity index is 0.000000171. The molecule has 5 heteroatoms. The molecule has 47 heavy (non-hydrogen) atoms. The molecule has 0 N–H and O–H groups in total. The summed E-state index contributed by atoms with van der Waals surface area (Å²) in [6.45, 7) is 15.1. The van der Waals surface area contributed by atoms with Gasteiger partial charge in [0.15, 0.2) is 0 Å². The Morgan fingerprint density at radius 3 is 0.553 bits per heavy atom. The number of hydrogen-bond donors (Lipinski definition) is 0. The third-order valence-corrected chi connectivity index (χ3v) is 53.5. The fourth-order valence-corrected chi connectivity index (χ4v) is 32.8. The van der Waals surface area contributed by atoms with E-state index in [9.17, 15) is 0 Å². The summed E-state index contributed by atoms with van der Waals surface area (Å²) in [5, 5.41) is 0. The van der Waals surface area contributed by atoms with Crippen molar-refractivity contribution in [3.63, 3.8) is 0 Å². The van der Waals surface area contributed by atoms with Gasteiger partial charge in [-0.2, -0.15) is 0 Å². The van der Waals surface area contributed by atoms with Gasteiger partial charge in [-0.25, -0.2) is 0 Å². The summed E-state index contributed by atoms with van der Waals surface area (Å²) in [6, 6.07) is 65.9. The van der Waals surface area contributed by atoms with Crippen molar-refractivity contribution in [2.75, 3.05) is 0 Å². The Bertz CT molecular complexity index is 1370. The quantitative estimate of drug-likeness (QED) is 0.149. The Labute approximate surface area is 303 Å². The Hall–Kier alpha value is -2.43. The van der Waals surface area contributed by atoms with E-state index < -0.39 is 46.6 Å². The van der Waals surface area contributed by atoms with Crippen LogP contribution in [0.1, 0.15) is 0 Å². The zero-order chi connectivity index (χ0) is 33.5. The summed E-state index contributed by atoms with van der Waals surface area (Å²) in [5.41, 5.74) is 0. The summed E-state index contributed by atoms with van der Waals surface area (Å²) in [4.78, 5) is 0. The van der Waals surface area contributed by atoms with Crippen molar-refractivity contribution in [3.8, 4) is 0 Å². The standard InChI is InChI=1S/C6H18Si3.6C6H5.2Sn/c1-7(2)9(5,6)8(3)4;6*1-2-4-6-5-3-1;;/h1-6H3;6*1-5H;;. The van der Waals surface area contributed by atoms with E-state index in [1.54, 1.807) is 0 Å². The van der Waals surface area contributed by atoms with Crippen molar-refractivity contribution in [3.05, 3.63) is 182 Å². The van der Waals surface area contributed by atoms with Gasteiger partial charge in [-0.05, 0) is 0 Å².